The first-order valence-corrected chi connectivity index (χ1v) is 6.45. The number of rotatable bonds is 2. The summed E-state index contributed by atoms with van der Waals surface area (Å²) in [6.45, 7) is 2.36. The van der Waals surface area contributed by atoms with Crippen molar-refractivity contribution in [1.29, 1.82) is 0 Å². The number of benzene rings is 1. The third kappa shape index (κ3) is 1.98. The van der Waals surface area contributed by atoms with E-state index in [0.717, 1.165) is 6.42 Å². The van der Waals surface area contributed by atoms with E-state index in [4.69, 9.17) is 4.74 Å². The minimum Gasteiger partial charge on any atom is -0.367 e. The van der Waals surface area contributed by atoms with Crippen LogP contribution in [-0.2, 0) is 4.74 Å². The molecular weight excluding hydrogens is 260 g/mol. The van der Waals surface area contributed by atoms with Gasteiger partial charge in [0.1, 0.15) is 5.60 Å². The minimum absolute atomic E-state index is 0.107. The molecule has 0 spiro atoms. The molecule has 1 unspecified atom stereocenters. The Morgan fingerprint density at radius 3 is 2.55 bits per heavy atom. The molecule has 0 amide bonds. The molecule has 1 aliphatic rings. The molecule has 0 saturated carbocycles. The van der Waals surface area contributed by atoms with E-state index in [2.05, 4.69) is 9.97 Å². The van der Waals surface area contributed by atoms with Gasteiger partial charge >= 0.3 is 11.1 Å². The molecule has 1 aliphatic heterocycles. The lowest BCUT2D eigenvalue weighted by Gasteiger charge is -2.21. The Morgan fingerprint density at radius 1 is 1.20 bits per heavy atom. The second-order valence-electron chi connectivity index (χ2n) is 5.18. The summed E-state index contributed by atoms with van der Waals surface area (Å²) in [6, 6.07) is 4.81. The van der Waals surface area contributed by atoms with Gasteiger partial charge in [0.2, 0.25) is 0 Å². The van der Waals surface area contributed by atoms with Gasteiger partial charge in [-0.1, -0.05) is 0 Å². The van der Waals surface area contributed by atoms with Crippen molar-refractivity contribution in [3.05, 3.63) is 44.5 Å². The smallest absolute Gasteiger partial charge is 0.314 e. The average Bonchev–Trinajstić information content (AvgIpc) is 2.87. The number of ether oxygens (including phenoxy) is 1. The van der Waals surface area contributed by atoms with Crippen LogP contribution in [0.15, 0.2) is 27.8 Å². The summed E-state index contributed by atoms with van der Waals surface area (Å²) >= 11 is 0. The van der Waals surface area contributed by atoms with Gasteiger partial charge in [0, 0.05) is 12.2 Å². The molecule has 3 rings (SSSR count). The van der Waals surface area contributed by atoms with Gasteiger partial charge in [-0.25, -0.2) is 0 Å². The molecular formula is C14H14N2O4. The Kier molecular flexibility index (Phi) is 2.83. The average molecular weight is 274 g/mol. The first kappa shape index (κ1) is 12.8. The number of hydrogen-bond donors (Lipinski definition) is 2. The summed E-state index contributed by atoms with van der Waals surface area (Å²) in [5.74, 6) is -0.107. The highest BCUT2D eigenvalue weighted by atomic mass is 16.5. The van der Waals surface area contributed by atoms with E-state index in [1.807, 2.05) is 0 Å². The van der Waals surface area contributed by atoms with Gasteiger partial charge in [-0.2, -0.15) is 0 Å². The SMILES string of the molecule is CC1(C(=O)c2ccc3[nH]c(=O)c(=O)[nH]c3c2)CCCO1. The van der Waals surface area contributed by atoms with Crippen molar-refractivity contribution >= 4 is 16.8 Å². The van der Waals surface area contributed by atoms with E-state index in [9.17, 15) is 14.4 Å². The molecule has 6 heteroatoms. The summed E-state index contributed by atoms with van der Waals surface area (Å²) in [5.41, 5.74) is -0.848. The zero-order valence-corrected chi connectivity index (χ0v) is 11.0. The van der Waals surface area contributed by atoms with Crippen LogP contribution in [0.3, 0.4) is 0 Å². The minimum atomic E-state index is -0.795. The molecule has 0 aliphatic carbocycles. The Balaban J connectivity index is 2.09. The monoisotopic (exact) mass is 274 g/mol. The van der Waals surface area contributed by atoms with E-state index < -0.39 is 16.7 Å². The van der Waals surface area contributed by atoms with Crippen LogP contribution in [0.2, 0.25) is 0 Å². The fraction of sp³-hybridized carbons (Fsp3) is 0.357. The topological polar surface area (TPSA) is 92.0 Å². The van der Waals surface area contributed by atoms with Crippen molar-refractivity contribution in [2.24, 2.45) is 0 Å². The maximum atomic E-state index is 12.5. The highest BCUT2D eigenvalue weighted by molar-refractivity contribution is 6.04. The lowest BCUT2D eigenvalue weighted by atomic mass is 9.92. The number of carbonyl (C=O) groups is 1. The zero-order valence-electron chi connectivity index (χ0n) is 11.0. The van der Waals surface area contributed by atoms with Crippen molar-refractivity contribution in [2.75, 3.05) is 6.61 Å². The second kappa shape index (κ2) is 4.42. The number of nitrogens with one attached hydrogen (secondary N) is 2. The van der Waals surface area contributed by atoms with Gasteiger partial charge < -0.3 is 14.7 Å². The number of ketones is 1. The summed E-state index contributed by atoms with van der Waals surface area (Å²) in [6.07, 6.45) is 1.55. The Hall–Kier alpha value is -2.21. The van der Waals surface area contributed by atoms with Gasteiger partial charge in [0.05, 0.1) is 11.0 Å². The van der Waals surface area contributed by atoms with Crippen LogP contribution in [0.25, 0.3) is 11.0 Å². The van der Waals surface area contributed by atoms with E-state index in [1.54, 1.807) is 25.1 Å². The van der Waals surface area contributed by atoms with Gasteiger partial charge in [-0.3, -0.25) is 14.4 Å². The van der Waals surface area contributed by atoms with Crippen molar-refractivity contribution in [1.82, 2.24) is 9.97 Å². The lowest BCUT2D eigenvalue weighted by Crippen LogP contribution is -2.34. The highest BCUT2D eigenvalue weighted by Crippen LogP contribution is 2.29. The molecule has 20 heavy (non-hydrogen) atoms. The van der Waals surface area contributed by atoms with Crippen molar-refractivity contribution in [3.8, 4) is 0 Å². The maximum absolute atomic E-state index is 12.5. The van der Waals surface area contributed by atoms with Crippen molar-refractivity contribution < 1.29 is 9.53 Å². The van der Waals surface area contributed by atoms with E-state index >= 15 is 0 Å². The van der Waals surface area contributed by atoms with Crippen LogP contribution in [0.4, 0.5) is 0 Å². The van der Waals surface area contributed by atoms with Crippen LogP contribution in [-0.4, -0.2) is 28.0 Å². The van der Waals surface area contributed by atoms with Gasteiger partial charge in [0.25, 0.3) is 0 Å². The van der Waals surface area contributed by atoms with Crippen LogP contribution in [0.1, 0.15) is 30.1 Å². The third-order valence-electron chi connectivity index (χ3n) is 3.68. The molecule has 104 valence electrons. The fourth-order valence-electron chi connectivity index (χ4n) is 2.52. The molecule has 0 radical (unpaired) electrons. The summed E-state index contributed by atoms with van der Waals surface area (Å²) < 4.78 is 5.53. The normalized spacial score (nSPS) is 22.2. The molecule has 2 heterocycles. The predicted molar refractivity (Wildman–Crippen MR) is 73.1 cm³/mol. The van der Waals surface area contributed by atoms with E-state index in [1.165, 1.54) is 0 Å². The Bertz CT molecular complexity index is 797. The molecule has 2 aromatic rings. The van der Waals surface area contributed by atoms with Gasteiger partial charge in [-0.05, 0) is 38.0 Å². The quantitative estimate of drug-likeness (QED) is 0.630. The molecule has 0 bridgehead atoms. The first-order chi connectivity index (χ1) is 9.49. The standard InChI is InChI=1S/C14H14N2O4/c1-14(5-2-6-20-14)11(17)8-3-4-9-10(7-8)16-13(19)12(18)15-9/h3-4,7H,2,5-6H2,1H3,(H,15,18)(H,16,19). The second-order valence-corrected chi connectivity index (χ2v) is 5.18. The van der Waals surface area contributed by atoms with Gasteiger partial charge in [-0.15, -0.1) is 0 Å². The van der Waals surface area contributed by atoms with Crippen molar-refractivity contribution in [3.63, 3.8) is 0 Å². The van der Waals surface area contributed by atoms with E-state index in [-0.39, 0.29) is 5.78 Å². The summed E-state index contributed by atoms with van der Waals surface area (Å²) in [5, 5.41) is 0. The third-order valence-corrected chi connectivity index (χ3v) is 3.68. The Morgan fingerprint density at radius 2 is 1.90 bits per heavy atom. The number of aromatic nitrogens is 2. The summed E-state index contributed by atoms with van der Waals surface area (Å²) in [7, 11) is 0. The number of Topliss-reactive ketones (excluding diaryl/α,β-unsaturated/α-hetero) is 1. The number of H-pyrrole nitrogens is 2. The molecule has 6 nitrogen and oxygen atoms in total. The molecule has 1 fully saturated rings. The molecule has 2 N–H and O–H groups in total. The van der Waals surface area contributed by atoms with E-state index in [0.29, 0.717) is 29.6 Å². The largest absolute Gasteiger partial charge is 0.367 e. The fourth-order valence-corrected chi connectivity index (χ4v) is 2.52. The molecule has 1 atom stereocenters. The maximum Gasteiger partial charge on any atom is 0.314 e. The first-order valence-electron chi connectivity index (χ1n) is 6.45. The Labute approximate surface area is 113 Å². The predicted octanol–water partition coefficient (Wildman–Crippen LogP) is 0.968. The van der Waals surface area contributed by atoms with Crippen LogP contribution in [0.5, 0.6) is 0 Å². The van der Waals surface area contributed by atoms with Crippen LogP contribution < -0.4 is 11.1 Å². The molecule has 1 aromatic carbocycles. The zero-order chi connectivity index (χ0) is 14.3. The number of hydrogen-bond acceptors (Lipinski definition) is 4. The molecule has 1 saturated heterocycles. The lowest BCUT2D eigenvalue weighted by molar-refractivity contribution is 0.0213. The van der Waals surface area contributed by atoms with Crippen molar-refractivity contribution in [2.45, 2.75) is 25.4 Å². The summed E-state index contributed by atoms with van der Waals surface area (Å²) in [4.78, 5) is 40.0. The number of fused-ring (bicyclic) bond motifs is 1. The number of aromatic amines is 2. The van der Waals surface area contributed by atoms with Crippen LogP contribution in [0, 0.1) is 0 Å². The van der Waals surface area contributed by atoms with Gasteiger partial charge in [0.15, 0.2) is 5.78 Å². The number of carbonyl (C=O) groups excluding carboxylic acids is 1. The van der Waals surface area contributed by atoms with Crippen LogP contribution >= 0.6 is 0 Å². The highest BCUT2D eigenvalue weighted by Gasteiger charge is 2.38. The molecule has 1 aromatic heterocycles.